The maximum absolute atomic E-state index is 5.57. The Kier molecular flexibility index (Phi) is 4.94. The molecular formula is C20H25N5O2. The topological polar surface area (TPSA) is 64.8 Å². The third-order valence-corrected chi connectivity index (χ3v) is 5.22. The Bertz CT molecular complexity index is 939. The molecule has 0 amide bonds. The Labute approximate surface area is 158 Å². The first-order valence-corrected chi connectivity index (χ1v) is 9.28. The van der Waals surface area contributed by atoms with E-state index in [1.807, 2.05) is 23.6 Å². The van der Waals surface area contributed by atoms with Crippen molar-refractivity contribution in [3.8, 4) is 11.5 Å². The lowest BCUT2D eigenvalue weighted by Gasteiger charge is -2.33. The fourth-order valence-electron chi connectivity index (χ4n) is 3.91. The largest absolute Gasteiger partial charge is 0.497 e. The van der Waals surface area contributed by atoms with E-state index in [4.69, 9.17) is 9.47 Å². The second-order valence-corrected chi connectivity index (χ2v) is 7.05. The van der Waals surface area contributed by atoms with Crippen LogP contribution in [-0.2, 0) is 6.54 Å². The number of aryl methyl sites for hydroxylation is 1. The lowest BCUT2D eigenvalue weighted by Crippen LogP contribution is -2.34. The summed E-state index contributed by atoms with van der Waals surface area (Å²) in [6.07, 6.45) is 3.88. The predicted octanol–water partition coefficient (Wildman–Crippen LogP) is 2.83. The highest BCUT2D eigenvalue weighted by Gasteiger charge is 2.25. The zero-order valence-corrected chi connectivity index (χ0v) is 16.1. The molecule has 4 rings (SSSR count). The molecule has 1 fully saturated rings. The van der Waals surface area contributed by atoms with E-state index in [0.29, 0.717) is 11.7 Å². The lowest BCUT2D eigenvalue weighted by molar-refractivity contribution is 0.195. The summed E-state index contributed by atoms with van der Waals surface area (Å²) in [6.45, 7) is 4.93. The van der Waals surface area contributed by atoms with Gasteiger partial charge in [0.05, 0.1) is 19.9 Å². The molecule has 0 spiro atoms. The first-order valence-electron chi connectivity index (χ1n) is 9.28. The predicted molar refractivity (Wildman–Crippen MR) is 102 cm³/mol. The van der Waals surface area contributed by atoms with Crippen LogP contribution in [0.5, 0.6) is 11.5 Å². The summed E-state index contributed by atoms with van der Waals surface area (Å²) in [6, 6.07) is 8.17. The third kappa shape index (κ3) is 3.60. The average Bonchev–Trinajstić information content (AvgIpc) is 3.16. The molecule has 0 saturated carbocycles. The first-order chi connectivity index (χ1) is 13.2. The molecule has 7 heteroatoms. The highest BCUT2D eigenvalue weighted by molar-refractivity contribution is 5.40. The highest BCUT2D eigenvalue weighted by atomic mass is 16.5. The van der Waals surface area contributed by atoms with Gasteiger partial charge in [0.25, 0.3) is 5.78 Å². The minimum absolute atomic E-state index is 0.411. The van der Waals surface area contributed by atoms with E-state index >= 15 is 0 Å². The van der Waals surface area contributed by atoms with Crippen LogP contribution < -0.4 is 9.47 Å². The van der Waals surface area contributed by atoms with E-state index in [1.54, 1.807) is 20.5 Å². The normalized spacial score (nSPS) is 18.0. The van der Waals surface area contributed by atoms with Crippen molar-refractivity contribution in [1.29, 1.82) is 0 Å². The smallest absolute Gasteiger partial charge is 0.252 e. The van der Waals surface area contributed by atoms with Gasteiger partial charge in [0.1, 0.15) is 17.8 Å². The van der Waals surface area contributed by atoms with Crippen molar-refractivity contribution in [3.05, 3.63) is 47.5 Å². The average molecular weight is 367 g/mol. The van der Waals surface area contributed by atoms with Crippen LogP contribution in [0.4, 0.5) is 0 Å². The number of methoxy groups -OCH3 is 2. The molecule has 3 heterocycles. The molecule has 0 radical (unpaired) electrons. The summed E-state index contributed by atoms with van der Waals surface area (Å²) in [5, 5.41) is 4.38. The lowest BCUT2D eigenvalue weighted by atomic mass is 9.93. The SMILES string of the molecule is COc1ccc(CN2CCCC(c3cc(C)nc4ncnn34)C2)c(OC)c1. The summed E-state index contributed by atoms with van der Waals surface area (Å²) in [5.41, 5.74) is 3.36. The Morgan fingerprint density at radius 1 is 1.19 bits per heavy atom. The van der Waals surface area contributed by atoms with Crippen LogP contribution in [0.3, 0.4) is 0 Å². The van der Waals surface area contributed by atoms with Crippen molar-refractivity contribution in [2.24, 2.45) is 0 Å². The van der Waals surface area contributed by atoms with Crippen LogP contribution in [0, 0.1) is 6.92 Å². The molecule has 3 aromatic rings. The number of fused-ring (bicyclic) bond motifs is 1. The van der Waals surface area contributed by atoms with E-state index < -0.39 is 0 Å². The number of rotatable bonds is 5. The molecule has 0 aliphatic carbocycles. The van der Waals surface area contributed by atoms with Gasteiger partial charge in [0.15, 0.2) is 0 Å². The van der Waals surface area contributed by atoms with Crippen molar-refractivity contribution < 1.29 is 9.47 Å². The summed E-state index contributed by atoms with van der Waals surface area (Å²) < 4.78 is 12.8. The molecule has 7 nitrogen and oxygen atoms in total. The summed E-state index contributed by atoms with van der Waals surface area (Å²) in [4.78, 5) is 11.2. The molecule has 0 bridgehead atoms. The van der Waals surface area contributed by atoms with E-state index in [2.05, 4.69) is 32.1 Å². The number of hydrogen-bond donors (Lipinski definition) is 0. The van der Waals surface area contributed by atoms with Gasteiger partial charge >= 0.3 is 0 Å². The van der Waals surface area contributed by atoms with Crippen molar-refractivity contribution in [2.45, 2.75) is 32.2 Å². The molecule has 1 aliphatic heterocycles. The van der Waals surface area contributed by atoms with Crippen molar-refractivity contribution in [3.63, 3.8) is 0 Å². The fraction of sp³-hybridized carbons (Fsp3) is 0.450. The Morgan fingerprint density at radius 2 is 2.07 bits per heavy atom. The van der Waals surface area contributed by atoms with Gasteiger partial charge in [0.2, 0.25) is 0 Å². The van der Waals surface area contributed by atoms with Gasteiger partial charge in [-0.1, -0.05) is 6.07 Å². The number of ether oxygens (including phenoxy) is 2. The number of likely N-dealkylation sites (tertiary alicyclic amines) is 1. The molecule has 27 heavy (non-hydrogen) atoms. The van der Waals surface area contributed by atoms with Crippen molar-refractivity contribution in [1.82, 2.24) is 24.5 Å². The molecule has 0 N–H and O–H groups in total. The van der Waals surface area contributed by atoms with Gasteiger partial charge in [0, 0.05) is 36.3 Å². The maximum atomic E-state index is 5.57. The first kappa shape index (κ1) is 17.7. The van der Waals surface area contributed by atoms with Gasteiger partial charge < -0.3 is 9.47 Å². The van der Waals surface area contributed by atoms with Crippen molar-refractivity contribution >= 4 is 5.78 Å². The minimum Gasteiger partial charge on any atom is -0.497 e. The van der Waals surface area contributed by atoms with Crippen LogP contribution in [-0.4, -0.2) is 51.8 Å². The number of aromatic nitrogens is 4. The van der Waals surface area contributed by atoms with Crippen LogP contribution in [0.15, 0.2) is 30.6 Å². The highest BCUT2D eigenvalue weighted by Crippen LogP contribution is 2.31. The standard InChI is InChI=1S/C20H25N5O2/c1-14-9-18(25-20(23-14)21-13-22-25)15-5-4-8-24(11-15)12-16-6-7-17(26-2)10-19(16)27-3/h6-7,9-10,13,15H,4-5,8,11-12H2,1-3H3. The third-order valence-electron chi connectivity index (χ3n) is 5.22. The molecule has 1 atom stereocenters. The fourth-order valence-corrected chi connectivity index (χ4v) is 3.91. The van der Waals surface area contributed by atoms with Gasteiger partial charge in [-0.05, 0) is 38.4 Å². The van der Waals surface area contributed by atoms with Gasteiger partial charge in [-0.15, -0.1) is 0 Å². The van der Waals surface area contributed by atoms with Crippen LogP contribution in [0.25, 0.3) is 5.78 Å². The second-order valence-electron chi connectivity index (χ2n) is 7.05. The van der Waals surface area contributed by atoms with Gasteiger partial charge in [-0.2, -0.15) is 10.1 Å². The number of piperidine rings is 1. The number of hydrogen-bond acceptors (Lipinski definition) is 6. The van der Waals surface area contributed by atoms with E-state index in [0.717, 1.165) is 49.7 Å². The monoisotopic (exact) mass is 367 g/mol. The number of benzene rings is 1. The Hall–Kier alpha value is -2.67. The van der Waals surface area contributed by atoms with Crippen molar-refractivity contribution in [2.75, 3.05) is 27.3 Å². The zero-order chi connectivity index (χ0) is 18.8. The summed E-state index contributed by atoms with van der Waals surface area (Å²) in [5.74, 6) is 2.77. The summed E-state index contributed by atoms with van der Waals surface area (Å²) in [7, 11) is 3.38. The Morgan fingerprint density at radius 3 is 2.89 bits per heavy atom. The van der Waals surface area contributed by atoms with Gasteiger partial charge in [-0.25, -0.2) is 9.50 Å². The number of nitrogens with zero attached hydrogens (tertiary/aromatic N) is 5. The molecule has 1 saturated heterocycles. The van der Waals surface area contributed by atoms with Crippen LogP contribution >= 0.6 is 0 Å². The van der Waals surface area contributed by atoms with Gasteiger partial charge in [-0.3, -0.25) is 4.90 Å². The molecule has 1 unspecified atom stereocenters. The van der Waals surface area contributed by atoms with Crippen LogP contribution in [0.2, 0.25) is 0 Å². The minimum atomic E-state index is 0.411. The van der Waals surface area contributed by atoms with E-state index in [-0.39, 0.29) is 0 Å². The summed E-state index contributed by atoms with van der Waals surface area (Å²) >= 11 is 0. The maximum Gasteiger partial charge on any atom is 0.252 e. The molecule has 142 valence electrons. The molecule has 1 aliphatic rings. The Balaban J connectivity index is 1.56. The molecular weight excluding hydrogens is 342 g/mol. The quantitative estimate of drug-likeness (QED) is 0.691. The zero-order valence-electron chi connectivity index (χ0n) is 16.1. The molecule has 1 aromatic carbocycles. The molecule has 2 aromatic heterocycles. The van der Waals surface area contributed by atoms with E-state index in [1.165, 1.54) is 11.3 Å². The van der Waals surface area contributed by atoms with E-state index in [9.17, 15) is 0 Å². The van der Waals surface area contributed by atoms with Crippen LogP contribution in [0.1, 0.15) is 35.7 Å². The second kappa shape index (κ2) is 7.52.